The molecular formula is C28H25N3O6. The van der Waals surface area contributed by atoms with E-state index in [9.17, 15) is 19.5 Å². The molecule has 2 amide bonds. The SMILES string of the molecule is CCOc1cc(/C=C2/C(=O)N(c3cccc(C(=O)O)c3)N=C2C)ccc1OCC(=O)Nc1ccccc1. The lowest BCUT2D eigenvalue weighted by Crippen LogP contribution is -2.21. The average molecular weight is 500 g/mol. The van der Waals surface area contributed by atoms with Crippen molar-refractivity contribution in [3.05, 3.63) is 89.5 Å². The molecule has 0 aromatic heterocycles. The molecule has 1 aliphatic heterocycles. The van der Waals surface area contributed by atoms with Crippen LogP contribution in [0.2, 0.25) is 0 Å². The van der Waals surface area contributed by atoms with Crippen molar-refractivity contribution in [2.75, 3.05) is 23.5 Å². The third kappa shape index (κ3) is 6.02. The summed E-state index contributed by atoms with van der Waals surface area (Å²) in [4.78, 5) is 36.7. The second-order valence-electron chi connectivity index (χ2n) is 8.06. The molecule has 0 unspecified atom stereocenters. The number of carbonyl (C=O) groups is 3. The zero-order valence-electron chi connectivity index (χ0n) is 20.3. The maximum absolute atomic E-state index is 13.1. The number of benzene rings is 3. The molecule has 188 valence electrons. The largest absolute Gasteiger partial charge is 0.490 e. The monoisotopic (exact) mass is 499 g/mol. The molecule has 9 nitrogen and oxygen atoms in total. The van der Waals surface area contributed by atoms with Crippen LogP contribution in [0.25, 0.3) is 6.08 Å². The van der Waals surface area contributed by atoms with E-state index in [0.29, 0.717) is 46.3 Å². The predicted molar refractivity (Wildman–Crippen MR) is 140 cm³/mol. The number of aromatic carboxylic acids is 1. The summed E-state index contributed by atoms with van der Waals surface area (Å²) in [6.45, 7) is 3.71. The van der Waals surface area contributed by atoms with Crippen molar-refractivity contribution in [2.45, 2.75) is 13.8 Å². The van der Waals surface area contributed by atoms with Gasteiger partial charge < -0.3 is 19.9 Å². The zero-order valence-corrected chi connectivity index (χ0v) is 20.3. The van der Waals surface area contributed by atoms with Crippen molar-refractivity contribution in [1.29, 1.82) is 0 Å². The van der Waals surface area contributed by atoms with Gasteiger partial charge in [0.25, 0.3) is 11.8 Å². The van der Waals surface area contributed by atoms with E-state index < -0.39 is 5.97 Å². The molecule has 3 aromatic carbocycles. The van der Waals surface area contributed by atoms with Crippen molar-refractivity contribution in [2.24, 2.45) is 5.10 Å². The second-order valence-corrected chi connectivity index (χ2v) is 8.06. The van der Waals surface area contributed by atoms with Gasteiger partial charge in [-0.05, 0) is 68.0 Å². The molecule has 37 heavy (non-hydrogen) atoms. The van der Waals surface area contributed by atoms with Gasteiger partial charge in [0.2, 0.25) is 0 Å². The molecule has 4 rings (SSSR count). The fourth-order valence-corrected chi connectivity index (χ4v) is 3.66. The first-order chi connectivity index (χ1) is 17.9. The summed E-state index contributed by atoms with van der Waals surface area (Å²) in [5, 5.41) is 17.5. The number of ether oxygens (including phenoxy) is 2. The lowest BCUT2D eigenvalue weighted by Gasteiger charge is -2.13. The van der Waals surface area contributed by atoms with E-state index in [-0.39, 0.29) is 24.0 Å². The summed E-state index contributed by atoms with van der Waals surface area (Å²) in [5.41, 5.74) is 2.61. The van der Waals surface area contributed by atoms with Crippen LogP contribution in [0.1, 0.15) is 29.8 Å². The van der Waals surface area contributed by atoms with Crippen LogP contribution in [0, 0.1) is 0 Å². The Balaban J connectivity index is 1.50. The van der Waals surface area contributed by atoms with Gasteiger partial charge in [0.05, 0.1) is 29.1 Å². The molecule has 0 saturated heterocycles. The van der Waals surface area contributed by atoms with E-state index in [2.05, 4.69) is 10.4 Å². The smallest absolute Gasteiger partial charge is 0.335 e. The Morgan fingerprint density at radius 3 is 2.51 bits per heavy atom. The molecule has 3 aromatic rings. The van der Waals surface area contributed by atoms with Crippen LogP contribution < -0.4 is 19.8 Å². The number of hydrazone groups is 1. The summed E-state index contributed by atoms with van der Waals surface area (Å²) in [6, 6.07) is 20.2. The summed E-state index contributed by atoms with van der Waals surface area (Å²) in [6.07, 6.45) is 1.68. The van der Waals surface area contributed by atoms with Crippen LogP contribution in [0.4, 0.5) is 11.4 Å². The van der Waals surface area contributed by atoms with E-state index in [4.69, 9.17) is 9.47 Å². The number of amides is 2. The third-order valence-electron chi connectivity index (χ3n) is 5.40. The molecule has 0 aliphatic carbocycles. The maximum Gasteiger partial charge on any atom is 0.335 e. The van der Waals surface area contributed by atoms with Gasteiger partial charge in [0, 0.05) is 5.69 Å². The highest BCUT2D eigenvalue weighted by Crippen LogP contribution is 2.31. The lowest BCUT2D eigenvalue weighted by molar-refractivity contribution is -0.118. The first-order valence-electron chi connectivity index (χ1n) is 11.6. The van der Waals surface area contributed by atoms with Gasteiger partial charge in [-0.3, -0.25) is 9.59 Å². The zero-order chi connectivity index (χ0) is 26.4. The summed E-state index contributed by atoms with van der Waals surface area (Å²) < 4.78 is 11.4. The van der Waals surface area contributed by atoms with Crippen LogP contribution in [0.3, 0.4) is 0 Å². The highest BCUT2D eigenvalue weighted by Gasteiger charge is 2.29. The number of carboxylic acid groups (broad SMARTS) is 1. The molecule has 1 aliphatic rings. The number of hydrogen-bond acceptors (Lipinski definition) is 6. The van der Waals surface area contributed by atoms with E-state index in [0.717, 1.165) is 0 Å². The summed E-state index contributed by atoms with van der Waals surface area (Å²) in [7, 11) is 0. The first-order valence-corrected chi connectivity index (χ1v) is 11.6. The minimum Gasteiger partial charge on any atom is -0.490 e. The molecule has 0 spiro atoms. The van der Waals surface area contributed by atoms with Crippen LogP contribution in [-0.4, -0.2) is 41.8 Å². The molecule has 0 atom stereocenters. The van der Waals surface area contributed by atoms with Gasteiger partial charge >= 0.3 is 5.97 Å². The van der Waals surface area contributed by atoms with Gasteiger partial charge in [-0.25, -0.2) is 4.79 Å². The molecule has 0 saturated carbocycles. The molecule has 0 fully saturated rings. The number of carbonyl (C=O) groups excluding carboxylic acids is 2. The number of nitrogens with one attached hydrogen (secondary N) is 1. The first kappa shape index (κ1) is 25.2. The number of anilines is 2. The van der Waals surface area contributed by atoms with Crippen molar-refractivity contribution >= 4 is 40.9 Å². The van der Waals surface area contributed by atoms with Crippen LogP contribution in [0.5, 0.6) is 11.5 Å². The molecular weight excluding hydrogens is 474 g/mol. The van der Waals surface area contributed by atoms with Gasteiger partial charge in [-0.1, -0.05) is 30.3 Å². The van der Waals surface area contributed by atoms with Crippen molar-refractivity contribution < 1.29 is 29.0 Å². The molecule has 1 heterocycles. The fourth-order valence-electron chi connectivity index (χ4n) is 3.66. The number of hydrogen-bond donors (Lipinski definition) is 2. The molecule has 0 radical (unpaired) electrons. The molecule has 2 N–H and O–H groups in total. The number of para-hydroxylation sites is 1. The Labute approximate surface area is 213 Å². The van der Waals surface area contributed by atoms with Gasteiger partial charge in [-0.2, -0.15) is 10.1 Å². The van der Waals surface area contributed by atoms with Gasteiger partial charge in [0.1, 0.15) is 0 Å². The Bertz CT molecular complexity index is 1400. The standard InChI is InChI=1S/C28H25N3O6/c1-3-36-25-15-19(12-13-24(25)37-17-26(32)29-21-9-5-4-6-10-21)14-23-18(2)30-31(27(23)33)22-11-7-8-20(16-22)28(34)35/h4-16H,3,17H2,1-2H3,(H,29,32)(H,34,35)/b23-14+. The Kier molecular flexibility index (Phi) is 7.63. The third-order valence-corrected chi connectivity index (χ3v) is 5.40. The van der Waals surface area contributed by atoms with Crippen LogP contribution >= 0.6 is 0 Å². The Morgan fingerprint density at radius 1 is 1.00 bits per heavy atom. The fraction of sp³-hybridized carbons (Fsp3) is 0.143. The summed E-state index contributed by atoms with van der Waals surface area (Å²) >= 11 is 0. The van der Waals surface area contributed by atoms with E-state index in [1.165, 1.54) is 17.1 Å². The quantitative estimate of drug-likeness (QED) is 0.415. The van der Waals surface area contributed by atoms with E-state index in [1.54, 1.807) is 55.5 Å². The molecule has 0 bridgehead atoms. The van der Waals surface area contributed by atoms with Crippen LogP contribution in [-0.2, 0) is 9.59 Å². The van der Waals surface area contributed by atoms with Gasteiger partial charge in [0.15, 0.2) is 18.1 Å². The minimum atomic E-state index is -1.09. The number of carboxylic acids is 1. The predicted octanol–water partition coefficient (Wildman–Crippen LogP) is 4.61. The normalized spacial score (nSPS) is 13.9. The highest BCUT2D eigenvalue weighted by atomic mass is 16.5. The summed E-state index contributed by atoms with van der Waals surface area (Å²) in [5.74, 6) is -0.961. The minimum absolute atomic E-state index is 0.0602. The van der Waals surface area contributed by atoms with E-state index in [1.807, 2.05) is 25.1 Å². The van der Waals surface area contributed by atoms with Gasteiger partial charge in [-0.15, -0.1) is 0 Å². The number of nitrogens with zero attached hydrogens (tertiary/aromatic N) is 2. The van der Waals surface area contributed by atoms with Crippen molar-refractivity contribution in [1.82, 2.24) is 0 Å². The second kappa shape index (κ2) is 11.2. The van der Waals surface area contributed by atoms with Crippen LogP contribution in [0.15, 0.2) is 83.5 Å². The highest BCUT2D eigenvalue weighted by molar-refractivity contribution is 6.32. The van der Waals surface area contributed by atoms with E-state index >= 15 is 0 Å². The Morgan fingerprint density at radius 2 is 1.78 bits per heavy atom. The Hall–Kier alpha value is -4.92. The lowest BCUT2D eigenvalue weighted by atomic mass is 10.1. The molecule has 9 heteroatoms. The van der Waals surface area contributed by atoms with Crippen molar-refractivity contribution in [3.8, 4) is 11.5 Å². The average Bonchev–Trinajstić information content (AvgIpc) is 3.17. The van der Waals surface area contributed by atoms with Crippen molar-refractivity contribution in [3.63, 3.8) is 0 Å². The topological polar surface area (TPSA) is 118 Å². The number of rotatable bonds is 9. The maximum atomic E-state index is 13.1.